The lowest BCUT2D eigenvalue weighted by atomic mass is 10.2. The molecule has 1 aliphatic rings. The van der Waals surface area contributed by atoms with Gasteiger partial charge in [0.05, 0.1) is 16.6 Å². The first-order valence-electron chi connectivity index (χ1n) is 6.40. The first-order valence-corrected chi connectivity index (χ1v) is 7.15. The highest BCUT2D eigenvalue weighted by atomic mass is 35.5. The molecule has 0 saturated heterocycles. The molecule has 0 atom stereocenters. The zero-order chi connectivity index (χ0) is 14.1. The van der Waals surface area contributed by atoms with Crippen molar-refractivity contribution in [1.82, 2.24) is 9.78 Å². The van der Waals surface area contributed by atoms with E-state index in [1.807, 2.05) is 18.3 Å². The van der Waals surface area contributed by atoms with Crippen LogP contribution < -0.4 is 5.32 Å². The van der Waals surface area contributed by atoms with E-state index in [2.05, 4.69) is 10.4 Å². The summed E-state index contributed by atoms with van der Waals surface area (Å²) in [6.45, 7) is 0.580. The van der Waals surface area contributed by atoms with E-state index in [9.17, 15) is 4.79 Å². The first kappa shape index (κ1) is 13.5. The smallest absolute Gasteiger partial charge is 0.228 e. The molecule has 1 N–H and O–H groups in total. The number of hydrogen-bond donors (Lipinski definition) is 1. The number of halogens is 2. The van der Waals surface area contributed by atoms with Gasteiger partial charge in [0, 0.05) is 18.2 Å². The maximum Gasteiger partial charge on any atom is 0.228 e. The Kier molecular flexibility index (Phi) is 3.68. The monoisotopic (exact) mass is 309 g/mol. The number of benzene rings is 1. The lowest BCUT2D eigenvalue weighted by Crippen LogP contribution is -2.14. The molecule has 1 aromatic carbocycles. The minimum atomic E-state index is 0.0600. The van der Waals surface area contributed by atoms with E-state index in [1.165, 1.54) is 0 Å². The Hall–Kier alpha value is -1.52. The Bertz CT molecular complexity index is 650. The lowest BCUT2D eigenvalue weighted by molar-refractivity contribution is -0.117. The van der Waals surface area contributed by atoms with Crippen LogP contribution in [0.3, 0.4) is 0 Å². The normalized spacial score (nSPS) is 14.3. The van der Waals surface area contributed by atoms with E-state index in [-0.39, 0.29) is 11.8 Å². The van der Waals surface area contributed by atoms with Gasteiger partial charge >= 0.3 is 0 Å². The van der Waals surface area contributed by atoms with E-state index in [1.54, 1.807) is 16.8 Å². The van der Waals surface area contributed by atoms with Crippen LogP contribution in [0.1, 0.15) is 18.4 Å². The van der Waals surface area contributed by atoms with Gasteiger partial charge in [-0.15, -0.1) is 0 Å². The number of carbonyl (C=O) groups excluding carboxylic acids is 1. The number of anilines is 1. The van der Waals surface area contributed by atoms with Crippen LogP contribution in [0, 0.1) is 5.92 Å². The Morgan fingerprint density at radius 3 is 2.80 bits per heavy atom. The fourth-order valence-electron chi connectivity index (χ4n) is 1.92. The van der Waals surface area contributed by atoms with E-state index >= 15 is 0 Å². The molecule has 0 bridgehead atoms. The van der Waals surface area contributed by atoms with E-state index in [0.717, 1.165) is 18.4 Å². The summed E-state index contributed by atoms with van der Waals surface area (Å²) < 4.78 is 1.75. The second-order valence-electron chi connectivity index (χ2n) is 4.91. The van der Waals surface area contributed by atoms with E-state index < -0.39 is 0 Å². The van der Waals surface area contributed by atoms with Crippen molar-refractivity contribution in [1.29, 1.82) is 0 Å². The number of hydrogen-bond acceptors (Lipinski definition) is 2. The van der Waals surface area contributed by atoms with Gasteiger partial charge in [-0.2, -0.15) is 5.10 Å². The third-order valence-corrected chi connectivity index (χ3v) is 3.91. The second-order valence-corrected chi connectivity index (χ2v) is 5.72. The summed E-state index contributed by atoms with van der Waals surface area (Å²) in [4.78, 5) is 11.6. The van der Waals surface area contributed by atoms with Crippen molar-refractivity contribution in [2.75, 3.05) is 5.32 Å². The van der Waals surface area contributed by atoms with Gasteiger partial charge in [0.2, 0.25) is 5.91 Å². The molecule has 6 heteroatoms. The van der Waals surface area contributed by atoms with Crippen molar-refractivity contribution in [3.05, 3.63) is 46.1 Å². The predicted octanol–water partition coefficient (Wildman–Crippen LogP) is 3.59. The van der Waals surface area contributed by atoms with Crippen molar-refractivity contribution >= 4 is 34.9 Å². The van der Waals surface area contributed by atoms with Gasteiger partial charge in [0.1, 0.15) is 0 Å². The van der Waals surface area contributed by atoms with Gasteiger partial charge < -0.3 is 5.32 Å². The third kappa shape index (κ3) is 3.14. The van der Waals surface area contributed by atoms with Crippen LogP contribution in [0.5, 0.6) is 0 Å². The quantitative estimate of drug-likeness (QED) is 0.938. The molecule has 1 fully saturated rings. The molecule has 20 heavy (non-hydrogen) atoms. The first-order chi connectivity index (χ1) is 9.61. The highest BCUT2D eigenvalue weighted by Crippen LogP contribution is 2.30. The molecule has 1 aliphatic carbocycles. The highest BCUT2D eigenvalue weighted by Gasteiger charge is 2.29. The fourth-order valence-corrected chi connectivity index (χ4v) is 2.24. The maximum absolute atomic E-state index is 11.6. The van der Waals surface area contributed by atoms with Crippen LogP contribution in [-0.4, -0.2) is 15.7 Å². The van der Waals surface area contributed by atoms with Gasteiger partial charge in [0.15, 0.2) is 5.82 Å². The SMILES string of the molecule is O=C(Nc1ccn(Cc2ccc(Cl)c(Cl)c2)n1)C1CC1. The average Bonchev–Trinajstić information content (AvgIpc) is 3.18. The standard InChI is InChI=1S/C14H13Cl2N3O/c15-11-4-1-9(7-12(11)16)8-19-6-5-13(18-19)17-14(20)10-2-3-10/h1,4-7,10H,2-3,8H2,(H,17,18,20). The summed E-state index contributed by atoms with van der Waals surface area (Å²) >= 11 is 11.9. The summed E-state index contributed by atoms with van der Waals surface area (Å²) in [5.41, 5.74) is 1.00. The molecule has 1 saturated carbocycles. The zero-order valence-electron chi connectivity index (χ0n) is 10.6. The predicted molar refractivity (Wildman–Crippen MR) is 79.1 cm³/mol. The number of aromatic nitrogens is 2. The summed E-state index contributed by atoms with van der Waals surface area (Å²) in [5.74, 6) is 0.821. The van der Waals surface area contributed by atoms with E-state index in [0.29, 0.717) is 22.4 Å². The van der Waals surface area contributed by atoms with Crippen LogP contribution in [0.2, 0.25) is 10.0 Å². The van der Waals surface area contributed by atoms with Crippen LogP contribution >= 0.6 is 23.2 Å². The Morgan fingerprint density at radius 2 is 2.10 bits per heavy atom. The third-order valence-electron chi connectivity index (χ3n) is 3.17. The molecule has 1 amide bonds. The number of nitrogens with zero attached hydrogens (tertiary/aromatic N) is 2. The Balaban J connectivity index is 1.66. The fraction of sp³-hybridized carbons (Fsp3) is 0.286. The summed E-state index contributed by atoms with van der Waals surface area (Å²) in [7, 11) is 0. The second kappa shape index (κ2) is 5.46. The van der Waals surface area contributed by atoms with Crippen LogP contribution in [0.25, 0.3) is 0 Å². The van der Waals surface area contributed by atoms with Crippen molar-refractivity contribution in [3.63, 3.8) is 0 Å². The Morgan fingerprint density at radius 1 is 1.30 bits per heavy atom. The summed E-state index contributed by atoms with van der Waals surface area (Å²) in [6.07, 6.45) is 3.79. The molecule has 4 nitrogen and oxygen atoms in total. The summed E-state index contributed by atoms with van der Waals surface area (Å²) in [6, 6.07) is 7.27. The van der Waals surface area contributed by atoms with Crippen LogP contribution in [0.15, 0.2) is 30.5 Å². The van der Waals surface area contributed by atoms with Crippen LogP contribution in [0.4, 0.5) is 5.82 Å². The van der Waals surface area contributed by atoms with Crippen molar-refractivity contribution in [2.24, 2.45) is 5.92 Å². The molecule has 3 rings (SSSR count). The van der Waals surface area contributed by atoms with Crippen molar-refractivity contribution < 1.29 is 4.79 Å². The van der Waals surface area contributed by atoms with Crippen molar-refractivity contribution in [2.45, 2.75) is 19.4 Å². The molecular formula is C14H13Cl2N3O. The maximum atomic E-state index is 11.6. The minimum absolute atomic E-state index is 0.0600. The van der Waals surface area contributed by atoms with Gasteiger partial charge in [-0.1, -0.05) is 29.3 Å². The Labute approximate surface area is 126 Å². The average molecular weight is 310 g/mol. The molecule has 104 valence electrons. The minimum Gasteiger partial charge on any atom is -0.309 e. The topological polar surface area (TPSA) is 46.9 Å². The lowest BCUT2D eigenvalue weighted by Gasteiger charge is -2.04. The highest BCUT2D eigenvalue weighted by molar-refractivity contribution is 6.42. The molecule has 0 radical (unpaired) electrons. The summed E-state index contributed by atoms with van der Waals surface area (Å²) in [5, 5.41) is 8.19. The number of nitrogens with one attached hydrogen (secondary N) is 1. The van der Waals surface area contributed by atoms with Crippen molar-refractivity contribution in [3.8, 4) is 0 Å². The molecule has 0 unspecified atom stereocenters. The molecule has 2 aromatic rings. The number of amides is 1. The molecule has 1 heterocycles. The number of rotatable bonds is 4. The van der Waals surface area contributed by atoms with Gasteiger partial charge in [-0.25, -0.2) is 0 Å². The molecule has 0 spiro atoms. The van der Waals surface area contributed by atoms with Gasteiger partial charge in [0.25, 0.3) is 0 Å². The largest absolute Gasteiger partial charge is 0.309 e. The number of carbonyl (C=O) groups is 1. The van der Waals surface area contributed by atoms with Gasteiger partial charge in [-0.05, 0) is 30.5 Å². The zero-order valence-corrected chi connectivity index (χ0v) is 12.2. The molecular weight excluding hydrogens is 297 g/mol. The molecule has 0 aliphatic heterocycles. The molecule has 1 aromatic heterocycles. The van der Waals surface area contributed by atoms with Crippen LogP contribution in [-0.2, 0) is 11.3 Å². The van der Waals surface area contributed by atoms with Gasteiger partial charge in [-0.3, -0.25) is 9.48 Å². The van der Waals surface area contributed by atoms with E-state index in [4.69, 9.17) is 23.2 Å².